The highest BCUT2D eigenvalue weighted by molar-refractivity contribution is 5.36. The molecular weight excluding hydrogens is 255 g/mol. The lowest BCUT2D eigenvalue weighted by Gasteiger charge is -2.22. The van der Waals surface area contributed by atoms with Crippen LogP contribution in [0.2, 0.25) is 0 Å². The van der Waals surface area contributed by atoms with Crippen LogP contribution in [0.25, 0.3) is 0 Å². The molecule has 1 aromatic rings. The number of hydrogen-bond donors (Lipinski definition) is 1. The summed E-state index contributed by atoms with van der Waals surface area (Å²) < 4.78 is 43.4. The zero-order valence-corrected chi connectivity index (χ0v) is 11.3. The Kier molecular flexibility index (Phi) is 6.15. The minimum absolute atomic E-state index is 0.475. The van der Waals surface area contributed by atoms with Crippen LogP contribution in [0.5, 0.6) is 5.75 Å². The molecule has 1 aromatic carbocycles. The van der Waals surface area contributed by atoms with Gasteiger partial charge in [0.25, 0.3) is 0 Å². The third kappa shape index (κ3) is 5.51. The van der Waals surface area contributed by atoms with Crippen molar-refractivity contribution in [3.63, 3.8) is 0 Å². The van der Waals surface area contributed by atoms with Crippen molar-refractivity contribution in [2.24, 2.45) is 0 Å². The van der Waals surface area contributed by atoms with E-state index in [0.29, 0.717) is 24.5 Å². The lowest BCUT2D eigenvalue weighted by molar-refractivity contribution is -0.140. The molecule has 0 radical (unpaired) electrons. The van der Waals surface area contributed by atoms with Crippen molar-refractivity contribution in [3.05, 3.63) is 29.8 Å². The first-order valence-electron chi connectivity index (χ1n) is 6.49. The molecule has 19 heavy (non-hydrogen) atoms. The first-order valence-corrected chi connectivity index (χ1v) is 6.49. The Morgan fingerprint density at radius 2 is 1.89 bits per heavy atom. The van der Waals surface area contributed by atoms with Crippen molar-refractivity contribution < 1.29 is 17.9 Å². The van der Waals surface area contributed by atoms with Gasteiger partial charge in [0.05, 0.1) is 13.0 Å². The molecule has 0 fully saturated rings. The maximum absolute atomic E-state index is 12.6. The van der Waals surface area contributed by atoms with Crippen LogP contribution in [0.3, 0.4) is 0 Å². The average molecular weight is 275 g/mol. The second kappa shape index (κ2) is 7.38. The molecular formula is C14H20F3NO. The van der Waals surface area contributed by atoms with E-state index in [9.17, 15) is 13.2 Å². The van der Waals surface area contributed by atoms with E-state index in [1.165, 1.54) is 0 Å². The Hall–Kier alpha value is -1.23. The van der Waals surface area contributed by atoms with E-state index in [-0.39, 0.29) is 0 Å². The summed E-state index contributed by atoms with van der Waals surface area (Å²) >= 11 is 0. The van der Waals surface area contributed by atoms with Crippen LogP contribution < -0.4 is 10.1 Å². The lowest BCUT2D eigenvalue weighted by atomic mass is 10.0. The summed E-state index contributed by atoms with van der Waals surface area (Å²) in [4.78, 5) is 0. The third-order valence-corrected chi connectivity index (χ3v) is 2.64. The van der Waals surface area contributed by atoms with Crippen molar-refractivity contribution in [1.29, 1.82) is 0 Å². The Balaban J connectivity index is 2.94. The largest absolute Gasteiger partial charge is 0.493 e. The molecule has 0 heterocycles. The highest BCUT2D eigenvalue weighted by atomic mass is 19.4. The standard InChI is InChI=1S/C14H20F3NO/c1-3-9-19-13-8-6-5-7-11(13)12(18-4-2)10-14(15,16)17/h5-8,12,18H,3-4,9-10H2,1-2H3. The van der Waals surface area contributed by atoms with Crippen molar-refractivity contribution in [2.75, 3.05) is 13.2 Å². The van der Waals surface area contributed by atoms with Gasteiger partial charge in [0, 0.05) is 11.6 Å². The van der Waals surface area contributed by atoms with Gasteiger partial charge in [0.2, 0.25) is 0 Å². The fourth-order valence-corrected chi connectivity index (χ4v) is 1.88. The van der Waals surface area contributed by atoms with Crippen LogP contribution in [-0.4, -0.2) is 19.3 Å². The molecule has 1 N–H and O–H groups in total. The molecule has 0 aromatic heterocycles. The summed E-state index contributed by atoms with van der Waals surface area (Å²) in [7, 11) is 0. The smallest absolute Gasteiger partial charge is 0.390 e. The van der Waals surface area contributed by atoms with Gasteiger partial charge in [-0.1, -0.05) is 32.0 Å². The predicted octanol–water partition coefficient (Wildman–Crippen LogP) is 4.08. The van der Waals surface area contributed by atoms with Crippen molar-refractivity contribution >= 4 is 0 Å². The normalized spacial score (nSPS) is 13.3. The van der Waals surface area contributed by atoms with Crippen LogP contribution >= 0.6 is 0 Å². The first kappa shape index (κ1) is 15.8. The fraction of sp³-hybridized carbons (Fsp3) is 0.571. The minimum atomic E-state index is -4.20. The number of nitrogens with one attached hydrogen (secondary N) is 1. The predicted molar refractivity (Wildman–Crippen MR) is 69.3 cm³/mol. The zero-order chi connectivity index (χ0) is 14.3. The van der Waals surface area contributed by atoms with Crippen LogP contribution in [0.15, 0.2) is 24.3 Å². The molecule has 0 spiro atoms. The van der Waals surface area contributed by atoms with Crippen LogP contribution in [0.4, 0.5) is 13.2 Å². The first-order chi connectivity index (χ1) is 8.98. The van der Waals surface area contributed by atoms with E-state index in [0.717, 1.165) is 6.42 Å². The van der Waals surface area contributed by atoms with Gasteiger partial charge in [0.1, 0.15) is 5.75 Å². The minimum Gasteiger partial charge on any atom is -0.493 e. The highest BCUT2D eigenvalue weighted by Crippen LogP contribution is 2.33. The Labute approximate surface area is 112 Å². The third-order valence-electron chi connectivity index (χ3n) is 2.64. The molecule has 1 rings (SSSR count). The zero-order valence-electron chi connectivity index (χ0n) is 11.3. The number of rotatable bonds is 7. The molecule has 0 bridgehead atoms. The molecule has 0 saturated heterocycles. The molecule has 108 valence electrons. The van der Waals surface area contributed by atoms with Gasteiger partial charge in [-0.15, -0.1) is 0 Å². The van der Waals surface area contributed by atoms with Gasteiger partial charge < -0.3 is 10.1 Å². The summed E-state index contributed by atoms with van der Waals surface area (Å²) in [5, 5.41) is 2.87. The topological polar surface area (TPSA) is 21.3 Å². The van der Waals surface area contributed by atoms with E-state index >= 15 is 0 Å². The van der Waals surface area contributed by atoms with Gasteiger partial charge >= 0.3 is 6.18 Å². The molecule has 0 aliphatic carbocycles. The van der Waals surface area contributed by atoms with Crippen molar-refractivity contribution in [3.8, 4) is 5.75 Å². The SMILES string of the molecule is CCCOc1ccccc1C(CC(F)(F)F)NCC. The van der Waals surface area contributed by atoms with Crippen molar-refractivity contribution in [2.45, 2.75) is 38.9 Å². The number of benzene rings is 1. The van der Waals surface area contributed by atoms with E-state index in [1.807, 2.05) is 6.92 Å². The Morgan fingerprint density at radius 3 is 2.47 bits per heavy atom. The molecule has 5 heteroatoms. The van der Waals surface area contributed by atoms with E-state index in [1.54, 1.807) is 31.2 Å². The summed E-state index contributed by atoms with van der Waals surface area (Å²) in [5.41, 5.74) is 0.565. The van der Waals surface area contributed by atoms with Crippen molar-refractivity contribution in [1.82, 2.24) is 5.32 Å². The van der Waals surface area contributed by atoms with Gasteiger partial charge in [-0.3, -0.25) is 0 Å². The van der Waals surface area contributed by atoms with Gasteiger partial charge in [-0.05, 0) is 19.0 Å². The molecule has 1 atom stereocenters. The average Bonchev–Trinajstić information content (AvgIpc) is 2.34. The monoisotopic (exact) mass is 275 g/mol. The maximum atomic E-state index is 12.6. The summed E-state index contributed by atoms with van der Waals surface area (Å²) in [5.74, 6) is 0.527. The Morgan fingerprint density at radius 1 is 1.21 bits per heavy atom. The van der Waals surface area contributed by atoms with E-state index in [2.05, 4.69) is 5.32 Å². The van der Waals surface area contributed by atoms with Gasteiger partial charge in [-0.2, -0.15) is 13.2 Å². The van der Waals surface area contributed by atoms with Crippen LogP contribution in [0, 0.1) is 0 Å². The quantitative estimate of drug-likeness (QED) is 0.809. The number of ether oxygens (including phenoxy) is 1. The number of hydrogen-bond acceptors (Lipinski definition) is 2. The summed E-state index contributed by atoms with van der Waals surface area (Å²) in [6, 6.07) is 6.13. The summed E-state index contributed by atoms with van der Waals surface area (Å²) in [6.07, 6.45) is -4.28. The molecule has 2 nitrogen and oxygen atoms in total. The second-order valence-electron chi connectivity index (χ2n) is 4.32. The van der Waals surface area contributed by atoms with Crippen LogP contribution in [-0.2, 0) is 0 Å². The Bertz CT molecular complexity index is 379. The molecule has 0 saturated carbocycles. The van der Waals surface area contributed by atoms with Gasteiger partial charge in [0.15, 0.2) is 0 Å². The number of alkyl halides is 3. The number of halogens is 3. The fourth-order valence-electron chi connectivity index (χ4n) is 1.88. The lowest BCUT2D eigenvalue weighted by Crippen LogP contribution is -2.27. The molecule has 0 aliphatic rings. The molecule has 0 amide bonds. The molecule has 1 unspecified atom stereocenters. The molecule has 0 aliphatic heterocycles. The van der Waals surface area contributed by atoms with E-state index in [4.69, 9.17) is 4.74 Å². The highest BCUT2D eigenvalue weighted by Gasteiger charge is 2.33. The summed E-state index contributed by atoms with van der Waals surface area (Å²) in [6.45, 7) is 4.73. The van der Waals surface area contributed by atoms with Gasteiger partial charge in [-0.25, -0.2) is 0 Å². The van der Waals surface area contributed by atoms with E-state index < -0.39 is 18.6 Å². The second-order valence-corrected chi connectivity index (χ2v) is 4.32. The number of para-hydroxylation sites is 1. The van der Waals surface area contributed by atoms with Crippen LogP contribution in [0.1, 0.15) is 38.3 Å². The maximum Gasteiger partial charge on any atom is 0.390 e.